The maximum atomic E-state index is 10.8. The molecule has 0 radical (unpaired) electrons. The van der Waals surface area contributed by atoms with Crippen LogP contribution in [-0.2, 0) is 4.79 Å². The Morgan fingerprint density at radius 3 is 3.05 bits per heavy atom. The Hall–Kier alpha value is -1.56. The molecule has 1 aromatic heterocycles. The van der Waals surface area contributed by atoms with E-state index in [9.17, 15) is 4.79 Å². The van der Waals surface area contributed by atoms with Gasteiger partial charge in [0, 0.05) is 24.0 Å². The van der Waals surface area contributed by atoms with E-state index in [1.165, 1.54) is 0 Å². The van der Waals surface area contributed by atoms with E-state index in [0.29, 0.717) is 18.0 Å². The van der Waals surface area contributed by atoms with E-state index in [1.54, 1.807) is 6.92 Å². The normalized spacial score (nSPS) is 21.0. The van der Waals surface area contributed by atoms with Crippen LogP contribution in [0.1, 0.15) is 26.2 Å². The number of rotatable bonds is 5. The van der Waals surface area contributed by atoms with Crippen molar-refractivity contribution in [1.29, 1.82) is 0 Å². The van der Waals surface area contributed by atoms with Gasteiger partial charge in [0.1, 0.15) is 5.52 Å². The lowest BCUT2D eigenvalue weighted by Crippen LogP contribution is -2.37. The summed E-state index contributed by atoms with van der Waals surface area (Å²) in [6, 6.07) is 6.81. The van der Waals surface area contributed by atoms with Crippen molar-refractivity contribution < 1.29 is 9.21 Å². The minimum atomic E-state index is 0.0432. The van der Waals surface area contributed by atoms with Gasteiger partial charge >= 0.3 is 0 Å². The van der Waals surface area contributed by atoms with E-state index in [0.717, 1.165) is 41.4 Å². The fourth-order valence-corrected chi connectivity index (χ4v) is 3.03. The van der Waals surface area contributed by atoms with Gasteiger partial charge in [-0.2, -0.15) is 4.98 Å². The zero-order valence-electron chi connectivity index (χ0n) is 11.9. The minimum absolute atomic E-state index is 0.0432. The number of nitrogens with one attached hydrogen (secondary N) is 2. The summed E-state index contributed by atoms with van der Waals surface area (Å²) in [5.41, 5.74) is 1.65. The van der Waals surface area contributed by atoms with Crippen LogP contribution >= 0.6 is 15.9 Å². The molecule has 0 spiro atoms. The van der Waals surface area contributed by atoms with Gasteiger partial charge in [-0.15, -0.1) is 0 Å². The van der Waals surface area contributed by atoms with E-state index in [4.69, 9.17) is 4.42 Å². The third-order valence-electron chi connectivity index (χ3n) is 3.84. The summed E-state index contributed by atoms with van der Waals surface area (Å²) in [7, 11) is 0. The number of nitrogens with zero attached hydrogens (tertiary/aromatic N) is 1. The summed E-state index contributed by atoms with van der Waals surface area (Å²) in [5.74, 6) is 0.717. The van der Waals surface area contributed by atoms with Gasteiger partial charge in [0.05, 0.1) is 0 Å². The first-order valence-electron chi connectivity index (χ1n) is 7.17. The number of carbonyl (C=O) groups is 1. The van der Waals surface area contributed by atoms with E-state index in [-0.39, 0.29) is 5.91 Å². The van der Waals surface area contributed by atoms with Crippen LogP contribution in [0.25, 0.3) is 11.1 Å². The lowest BCUT2D eigenvalue weighted by Gasteiger charge is -2.35. The highest BCUT2D eigenvalue weighted by Gasteiger charge is 2.29. The quantitative estimate of drug-likeness (QED) is 0.867. The van der Waals surface area contributed by atoms with Crippen molar-refractivity contribution in [2.75, 3.05) is 11.9 Å². The number of anilines is 1. The molecule has 1 aromatic carbocycles. The predicted molar refractivity (Wildman–Crippen MR) is 85.1 cm³/mol. The molecule has 21 heavy (non-hydrogen) atoms. The molecule has 0 bridgehead atoms. The van der Waals surface area contributed by atoms with Gasteiger partial charge in [-0.1, -0.05) is 15.9 Å². The van der Waals surface area contributed by atoms with E-state index < -0.39 is 0 Å². The van der Waals surface area contributed by atoms with Crippen LogP contribution in [0.5, 0.6) is 0 Å². The number of fused-ring (bicyclic) bond motifs is 1. The molecule has 1 aliphatic carbocycles. The highest BCUT2D eigenvalue weighted by Crippen LogP contribution is 2.33. The van der Waals surface area contributed by atoms with Gasteiger partial charge in [0.2, 0.25) is 5.91 Å². The number of aromatic nitrogens is 1. The molecule has 0 unspecified atom stereocenters. The molecule has 5 nitrogen and oxygen atoms in total. The van der Waals surface area contributed by atoms with Gasteiger partial charge in [0.15, 0.2) is 5.58 Å². The summed E-state index contributed by atoms with van der Waals surface area (Å²) in [5, 5.41) is 6.17. The van der Waals surface area contributed by atoms with Gasteiger partial charge in [-0.3, -0.25) is 4.79 Å². The predicted octanol–water partition coefficient (Wildman–Crippen LogP) is 3.31. The highest BCUT2D eigenvalue weighted by atomic mass is 79.9. The van der Waals surface area contributed by atoms with Crippen LogP contribution in [-0.4, -0.2) is 23.5 Å². The number of oxazole rings is 1. The maximum absolute atomic E-state index is 10.8. The van der Waals surface area contributed by atoms with Crippen LogP contribution in [0.3, 0.4) is 0 Å². The summed E-state index contributed by atoms with van der Waals surface area (Å²) in [6.07, 6.45) is 3.24. The molecule has 1 saturated carbocycles. The first-order valence-corrected chi connectivity index (χ1v) is 7.96. The minimum Gasteiger partial charge on any atom is -0.424 e. The lowest BCUT2D eigenvalue weighted by molar-refractivity contribution is -0.119. The van der Waals surface area contributed by atoms with Gasteiger partial charge in [-0.05, 0) is 43.4 Å². The van der Waals surface area contributed by atoms with E-state index >= 15 is 0 Å². The summed E-state index contributed by atoms with van der Waals surface area (Å²) < 4.78 is 6.67. The molecular weight excluding hydrogens is 334 g/mol. The third kappa shape index (κ3) is 3.56. The third-order valence-corrected chi connectivity index (χ3v) is 4.33. The van der Waals surface area contributed by atoms with Crippen molar-refractivity contribution in [2.24, 2.45) is 5.92 Å². The molecule has 6 heteroatoms. The molecule has 1 heterocycles. The van der Waals surface area contributed by atoms with Crippen LogP contribution < -0.4 is 10.6 Å². The molecule has 112 valence electrons. The Kier molecular flexibility index (Phi) is 4.14. The average Bonchev–Trinajstić information content (AvgIpc) is 2.76. The monoisotopic (exact) mass is 351 g/mol. The summed E-state index contributed by atoms with van der Waals surface area (Å²) >= 11 is 3.43. The maximum Gasteiger partial charge on any atom is 0.295 e. The Bertz CT molecular complexity index is 649. The average molecular weight is 352 g/mol. The second-order valence-corrected chi connectivity index (χ2v) is 6.50. The standard InChI is InChI=1S/C15H18BrN3O2/c1-9(20)17-5-4-10-6-12(7-10)18-15-19-13-8-11(16)2-3-14(13)21-15/h2-3,8,10,12H,4-7H2,1H3,(H,17,20)(H,18,19). The molecule has 1 aliphatic rings. The van der Waals surface area contributed by atoms with Crippen molar-refractivity contribution in [3.63, 3.8) is 0 Å². The van der Waals surface area contributed by atoms with Gasteiger partial charge < -0.3 is 15.1 Å². The number of carbonyl (C=O) groups excluding carboxylic acids is 1. The number of hydrogen-bond donors (Lipinski definition) is 2. The lowest BCUT2D eigenvalue weighted by atomic mass is 9.78. The fourth-order valence-electron chi connectivity index (χ4n) is 2.68. The molecule has 3 rings (SSSR count). The summed E-state index contributed by atoms with van der Waals surface area (Å²) in [4.78, 5) is 15.2. The van der Waals surface area contributed by atoms with Gasteiger partial charge in [0.25, 0.3) is 6.01 Å². The molecule has 1 fully saturated rings. The second kappa shape index (κ2) is 6.05. The molecule has 0 aliphatic heterocycles. The van der Waals surface area contributed by atoms with E-state index in [2.05, 4.69) is 31.5 Å². The largest absolute Gasteiger partial charge is 0.424 e. The summed E-state index contributed by atoms with van der Waals surface area (Å²) in [6.45, 7) is 2.32. The smallest absolute Gasteiger partial charge is 0.295 e. The first kappa shape index (κ1) is 14.4. The number of hydrogen-bond acceptors (Lipinski definition) is 4. The van der Waals surface area contributed by atoms with Crippen molar-refractivity contribution in [1.82, 2.24) is 10.3 Å². The van der Waals surface area contributed by atoms with Crippen molar-refractivity contribution in [3.8, 4) is 0 Å². The zero-order chi connectivity index (χ0) is 14.8. The fraction of sp³-hybridized carbons (Fsp3) is 0.467. The van der Waals surface area contributed by atoms with Crippen molar-refractivity contribution in [2.45, 2.75) is 32.2 Å². The molecule has 2 aromatic rings. The number of benzene rings is 1. The van der Waals surface area contributed by atoms with Crippen LogP contribution in [0.2, 0.25) is 0 Å². The molecule has 1 amide bonds. The Balaban J connectivity index is 1.48. The Labute approximate surface area is 131 Å². The van der Waals surface area contributed by atoms with Crippen molar-refractivity contribution in [3.05, 3.63) is 22.7 Å². The van der Waals surface area contributed by atoms with Crippen molar-refractivity contribution >= 4 is 39.0 Å². The first-order chi connectivity index (χ1) is 10.1. The van der Waals surface area contributed by atoms with Crippen LogP contribution in [0.4, 0.5) is 6.01 Å². The number of amides is 1. The molecule has 2 N–H and O–H groups in total. The van der Waals surface area contributed by atoms with Crippen LogP contribution in [0.15, 0.2) is 27.1 Å². The molecular formula is C15H18BrN3O2. The number of halogens is 1. The Morgan fingerprint density at radius 1 is 1.48 bits per heavy atom. The second-order valence-electron chi connectivity index (χ2n) is 5.58. The van der Waals surface area contributed by atoms with Crippen LogP contribution in [0, 0.1) is 5.92 Å². The SMILES string of the molecule is CC(=O)NCCC1CC(Nc2nc3cc(Br)ccc3o2)C1. The Morgan fingerprint density at radius 2 is 2.29 bits per heavy atom. The van der Waals surface area contributed by atoms with E-state index in [1.807, 2.05) is 18.2 Å². The topological polar surface area (TPSA) is 67.2 Å². The van der Waals surface area contributed by atoms with Gasteiger partial charge in [-0.25, -0.2) is 0 Å². The zero-order valence-corrected chi connectivity index (χ0v) is 13.4. The molecule has 0 atom stereocenters. The highest BCUT2D eigenvalue weighted by molar-refractivity contribution is 9.10. The molecule has 0 saturated heterocycles.